The van der Waals surface area contributed by atoms with Crippen molar-refractivity contribution in [3.05, 3.63) is 76.8 Å². The first-order valence-corrected chi connectivity index (χ1v) is 9.52. The van der Waals surface area contributed by atoms with Gasteiger partial charge in [0.25, 0.3) is 5.91 Å². The molecule has 0 fully saturated rings. The van der Waals surface area contributed by atoms with Gasteiger partial charge in [0.05, 0.1) is 34.2 Å². The molecule has 0 aliphatic rings. The number of carbonyl (C=O) groups excluding carboxylic acids is 1. The number of benzene rings is 2. The number of H-pyrrole nitrogens is 1. The molecule has 7 heteroatoms. The Morgan fingerprint density at radius 1 is 1.21 bits per heavy atom. The molecule has 2 aromatic carbocycles. The van der Waals surface area contributed by atoms with Gasteiger partial charge in [0.2, 0.25) is 0 Å². The fourth-order valence-corrected chi connectivity index (χ4v) is 3.36. The first-order valence-electron chi connectivity index (χ1n) is 9.14. The molecule has 1 amide bonds. The second-order valence-corrected chi connectivity index (χ2v) is 7.03. The lowest BCUT2D eigenvalue weighted by atomic mass is 10.2. The Morgan fingerprint density at radius 2 is 2.07 bits per heavy atom. The number of rotatable bonds is 6. The summed E-state index contributed by atoms with van der Waals surface area (Å²) >= 11 is 6.05. The highest BCUT2D eigenvalue weighted by molar-refractivity contribution is 6.30. The molecule has 2 aromatic heterocycles. The maximum Gasteiger partial charge on any atom is 0.254 e. The zero-order valence-electron chi connectivity index (χ0n) is 15.4. The highest BCUT2D eigenvalue weighted by Gasteiger charge is 2.15. The first-order chi connectivity index (χ1) is 13.6. The molecule has 2 N–H and O–H groups in total. The minimum Gasteiger partial charge on any atom is -0.352 e. The number of imidazole rings is 1. The van der Waals surface area contributed by atoms with E-state index >= 15 is 0 Å². The van der Waals surface area contributed by atoms with Crippen molar-refractivity contribution in [2.75, 3.05) is 6.54 Å². The van der Waals surface area contributed by atoms with Gasteiger partial charge in [-0.1, -0.05) is 29.8 Å². The number of aryl methyl sites for hydroxylation is 1. The topological polar surface area (TPSA) is 75.6 Å². The van der Waals surface area contributed by atoms with Crippen molar-refractivity contribution in [1.29, 1.82) is 0 Å². The predicted octanol–water partition coefficient (Wildman–Crippen LogP) is 4.07. The lowest BCUT2D eigenvalue weighted by Gasteiger charge is -2.07. The van der Waals surface area contributed by atoms with Crippen molar-refractivity contribution >= 4 is 28.5 Å². The smallest absolute Gasteiger partial charge is 0.254 e. The molecule has 142 valence electrons. The van der Waals surface area contributed by atoms with E-state index < -0.39 is 0 Å². The molecular formula is C21H20ClN5O. The number of fused-ring (bicyclic) bond motifs is 1. The van der Waals surface area contributed by atoms with Gasteiger partial charge in [-0.05, 0) is 43.7 Å². The van der Waals surface area contributed by atoms with Crippen LogP contribution in [0.3, 0.4) is 0 Å². The van der Waals surface area contributed by atoms with Crippen LogP contribution in [0.4, 0.5) is 0 Å². The minimum atomic E-state index is -0.129. The van der Waals surface area contributed by atoms with Crippen molar-refractivity contribution < 1.29 is 4.79 Å². The zero-order valence-corrected chi connectivity index (χ0v) is 16.2. The molecule has 0 bridgehead atoms. The fraction of sp³-hybridized carbons (Fsp3) is 0.190. The van der Waals surface area contributed by atoms with Crippen LogP contribution in [0.5, 0.6) is 0 Å². The summed E-state index contributed by atoms with van der Waals surface area (Å²) in [6, 6.07) is 15.3. The van der Waals surface area contributed by atoms with Gasteiger partial charge in [0.15, 0.2) is 0 Å². The SMILES string of the molecule is Cc1c(C(=O)NCCCc2nc3ccccc3[nH]2)cnn1-c1cccc(Cl)c1. The molecule has 0 saturated heterocycles. The summed E-state index contributed by atoms with van der Waals surface area (Å²) in [5, 5.41) is 7.92. The van der Waals surface area contributed by atoms with Crippen LogP contribution in [0.15, 0.2) is 54.7 Å². The van der Waals surface area contributed by atoms with Crippen LogP contribution in [0.1, 0.15) is 28.3 Å². The Kier molecular flexibility index (Phi) is 5.12. The van der Waals surface area contributed by atoms with Gasteiger partial charge in [-0.2, -0.15) is 5.10 Å². The third kappa shape index (κ3) is 3.77. The van der Waals surface area contributed by atoms with Gasteiger partial charge in [0.1, 0.15) is 5.82 Å². The summed E-state index contributed by atoms with van der Waals surface area (Å²) in [7, 11) is 0. The Hall–Kier alpha value is -3.12. The van der Waals surface area contributed by atoms with Crippen LogP contribution in [-0.2, 0) is 6.42 Å². The number of amides is 1. The Morgan fingerprint density at radius 3 is 2.89 bits per heavy atom. The van der Waals surface area contributed by atoms with Crippen molar-refractivity contribution in [1.82, 2.24) is 25.1 Å². The van der Waals surface area contributed by atoms with Crippen LogP contribution in [0.25, 0.3) is 16.7 Å². The molecule has 2 heterocycles. The van der Waals surface area contributed by atoms with Crippen LogP contribution in [0.2, 0.25) is 5.02 Å². The largest absolute Gasteiger partial charge is 0.352 e. The van der Waals surface area contributed by atoms with E-state index in [1.165, 1.54) is 0 Å². The molecule has 0 saturated carbocycles. The lowest BCUT2D eigenvalue weighted by molar-refractivity contribution is 0.0952. The second-order valence-electron chi connectivity index (χ2n) is 6.60. The molecule has 0 atom stereocenters. The third-order valence-electron chi connectivity index (χ3n) is 4.62. The molecule has 0 aliphatic carbocycles. The number of hydrogen-bond acceptors (Lipinski definition) is 3. The summed E-state index contributed by atoms with van der Waals surface area (Å²) in [6.07, 6.45) is 3.16. The number of halogens is 1. The van der Waals surface area contributed by atoms with E-state index in [-0.39, 0.29) is 5.91 Å². The number of carbonyl (C=O) groups is 1. The summed E-state index contributed by atoms with van der Waals surface area (Å²) in [6.45, 7) is 2.44. The van der Waals surface area contributed by atoms with E-state index in [4.69, 9.17) is 11.6 Å². The highest BCUT2D eigenvalue weighted by Crippen LogP contribution is 2.18. The standard InChI is InChI=1S/C21H20ClN5O/c1-14-17(13-24-27(14)16-7-4-6-15(22)12-16)21(28)23-11-5-10-20-25-18-8-2-3-9-19(18)26-20/h2-4,6-9,12-13H,5,10-11H2,1H3,(H,23,28)(H,25,26). The van der Waals surface area contributed by atoms with E-state index in [2.05, 4.69) is 20.4 Å². The van der Waals surface area contributed by atoms with E-state index in [0.29, 0.717) is 17.1 Å². The molecule has 0 aliphatic heterocycles. The summed E-state index contributed by atoms with van der Waals surface area (Å²) < 4.78 is 1.72. The second kappa shape index (κ2) is 7.86. The van der Waals surface area contributed by atoms with Crippen LogP contribution < -0.4 is 5.32 Å². The summed E-state index contributed by atoms with van der Waals surface area (Å²) in [5.74, 6) is 0.802. The van der Waals surface area contributed by atoms with E-state index in [0.717, 1.165) is 41.1 Å². The minimum absolute atomic E-state index is 0.129. The van der Waals surface area contributed by atoms with Gasteiger partial charge in [-0.15, -0.1) is 0 Å². The highest BCUT2D eigenvalue weighted by atomic mass is 35.5. The van der Waals surface area contributed by atoms with E-state index in [9.17, 15) is 4.79 Å². The Bertz CT molecular complexity index is 1100. The van der Waals surface area contributed by atoms with Crippen molar-refractivity contribution in [2.45, 2.75) is 19.8 Å². The Balaban J connectivity index is 1.35. The van der Waals surface area contributed by atoms with Gasteiger partial charge >= 0.3 is 0 Å². The average Bonchev–Trinajstić information content (AvgIpc) is 3.28. The van der Waals surface area contributed by atoms with Crippen LogP contribution in [-0.4, -0.2) is 32.2 Å². The summed E-state index contributed by atoms with van der Waals surface area (Å²) in [5.41, 5.74) is 4.16. The average molecular weight is 394 g/mol. The van der Waals surface area contributed by atoms with Crippen molar-refractivity contribution in [3.8, 4) is 5.69 Å². The molecule has 6 nitrogen and oxygen atoms in total. The Labute approximate surface area is 167 Å². The maximum atomic E-state index is 12.5. The number of nitrogens with one attached hydrogen (secondary N) is 2. The molecule has 28 heavy (non-hydrogen) atoms. The third-order valence-corrected chi connectivity index (χ3v) is 4.86. The number of nitrogens with zero attached hydrogens (tertiary/aromatic N) is 3. The molecule has 0 radical (unpaired) electrons. The van der Waals surface area contributed by atoms with E-state index in [1.54, 1.807) is 16.9 Å². The number of aromatic amines is 1. The van der Waals surface area contributed by atoms with Gasteiger partial charge < -0.3 is 10.3 Å². The number of aromatic nitrogens is 4. The monoisotopic (exact) mass is 393 g/mol. The predicted molar refractivity (Wildman–Crippen MR) is 110 cm³/mol. The quantitative estimate of drug-likeness (QED) is 0.485. The molecular weight excluding hydrogens is 374 g/mol. The fourth-order valence-electron chi connectivity index (χ4n) is 3.18. The normalized spacial score (nSPS) is 11.1. The summed E-state index contributed by atoms with van der Waals surface area (Å²) in [4.78, 5) is 20.4. The van der Waals surface area contributed by atoms with Crippen LogP contribution >= 0.6 is 11.6 Å². The zero-order chi connectivity index (χ0) is 19.5. The van der Waals surface area contributed by atoms with Crippen molar-refractivity contribution in [2.24, 2.45) is 0 Å². The van der Waals surface area contributed by atoms with Gasteiger partial charge in [-0.3, -0.25) is 4.79 Å². The van der Waals surface area contributed by atoms with Crippen molar-refractivity contribution in [3.63, 3.8) is 0 Å². The molecule has 4 rings (SSSR count). The number of para-hydroxylation sites is 2. The molecule has 0 spiro atoms. The molecule has 0 unspecified atom stereocenters. The van der Waals surface area contributed by atoms with Gasteiger partial charge in [-0.25, -0.2) is 9.67 Å². The number of hydrogen-bond donors (Lipinski definition) is 2. The maximum absolute atomic E-state index is 12.5. The first kappa shape index (κ1) is 18.3. The lowest BCUT2D eigenvalue weighted by Crippen LogP contribution is -2.25. The van der Waals surface area contributed by atoms with Gasteiger partial charge in [0, 0.05) is 18.0 Å². The molecule has 4 aromatic rings. The van der Waals surface area contributed by atoms with E-state index in [1.807, 2.05) is 49.4 Å². The van der Waals surface area contributed by atoms with Crippen LogP contribution in [0, 0.1) is 6.92 Å².